The first kappa shape index (κ1) is 14.5. The molecular formula is C15H20BrNO2. The number of rotatable bonds is 3. The molecular weight excluding hydrogens is 306 g/mol. The monoisotopic (exact) mass is 325 g/mol. The normalized spacial score (nSPS) is 17.4. The van der Waals surface area contributed by atoms with Crippen LogP contribution in [0, 0.1) is 5.92 Å². The van der Waals surface area contributed by atoms with Crippen molar-refractivity contribution in [3.63, 3.8) is 0 Å². The second kappa shape index (κ2) is 6.53. The summed E-state index contributed by atoms with van der Waals surface area (Å²) >= 11 is 3.47. The summed E-state index contributed by atoms with van der Waals surface area (Å²) in [6.45, 7) is 5.33. The van der Waals surface area contributed by atoms with E-state index >= 15 is 0 Å². The molecule has 0 radical (unpaired) electrons. The number of methoxy groups -OCH3 is 1. The highest BCUT2D eigenvalue weighted by atomic mass is 79.9. The topological polar surface area (TPSA) is 29.5 Å². The van der Waals surface area contributed by atoms with Crippen LogP contribution >= 0.6 is 15.9 Å². The molecule has 2 rings (SSSR count). The lowest BCUT2D eigenvalue weighted by Crippen LogP contribution is -2.32. The summed E-state index contributed by atoms with van der Waals surface area (Å²) in [7, 11) is 1.43. The van der Waals surface area contributed by atoms with Crippen LogP contribution in [0.4, 0.5) is 0 Å². The van der Waals surface area contributed by atoms with E-state index in [1.54, 1.807) is 0 Å². The largest absolute Gasteiger partial charge is 0.465 e. The van der Waals surface area contributed by atoms with Gasteiger partial charge in [-0.2, -0.15) is 0 Å². The van der Waals surface area contributed by atoms with Crippen LogP contribution < -0.4 is 0 Å². The fourth-order valence-electron chi connectivity index (χ4n) is 2.46. The molecule has 0 aromatic heterocycles. The number of piperidine rings is 1. The molecule has 0 N–H and O–H groups in total. The Morgan fingerprint density at radius 2 is 2.11 bits per heavy atom. The number of carbonyl (C=O) groups is 1. The van der Waals surface area contributed by atoms with E-state index in [-0.39, 0.29) is 5.97 Å². The molecule has 1 aliphatic rings. The third-order valence-corrected chi connectivity index (χ3v) is 4.24. The molecule has 1 aromatic carbocycles. The van der Waals surface area contributed by atoms with Crippen molar-refractivity contribution in [3.8, 4) is 0 Å². The molecule has 1 aromatic rings. The van der Waals surface area contributed by atoms with E-state index in [0.717, 1.165) is 35.6 Å². The predicted molar refractivity (Wildman–Crippen MR) is 79.2 cm³/mol. The molecule has 1 saturated heterocycles. The van der Waals surface area contributed by atoms with Crippen molar-refractivity contribution >= 4 is 21.9 Å². The van der Waals surface area contributed by atoms with Crippen LogP contribution in [0.5, 0.6) is 0 Å². The molecule has 0 unspecified atom stereocenters. The average molecular weight is 326 g/mol. The maximum atomic E-state index is 11.8. The van der Waals surface area contributed by atoms with Gasteiger partial charge in [-0.05, 0) is 55.6 Å². The lowest BCUT2D eigenvalue weighted by Gasteiger charge is -2.30. The molecule has 19 heavy (non-hydrogen) atoms. The van der Waals surface area contributed by atoms with Crippen molar-refractivity contribution in [1.82, 2.24) is 4.90 Å². The highest BCUT2D eigenvalue weighted by molar-refractivity contribution is 9.10. The van der Waals surface area contributed by atoms with E-state index in [1.807, 2.05) is 18.2 Å². The van der Waals surface area contributed by atoms with Crippen LogP contribution in [0.1, 0.15) is 35.7 Å². The molecule has 0 spiro atoms. The zero-order valence-electron chi connectivity index (χ0n) is 11.5. The van der Waals surface area contributed by atoms with Crippen molar-refractivity contribution in [1.29, 1.82) is 0 Å². The molecule has 104 valence electrons. The van der Waals surface area contributed by atoms with Crippen LogP contribution in [0.2, 0.25) is 0 Å². The number of carbonyl (C=O) groups excluding carboxylic acids is 1. The molecule has 1 heterocycles. The second-order valence-corrected chi connectivity index (χ2v) is 6.17. The Morgan fingerprint density at radius 3 is 2.74 bits per heavy atom. The summed E-state index contributed by atoms with van der Waals surface area (Å²) < 4.78 is 5.85. The Balaban J connectivity index is 2.14. The number of likely N-dealkylation sites (tertiary alicyclic amines) is 1. The van der Waals surface area contributed by atoms with E-state index in [0.29, 0.717) is 5.56 Å². The third kappa shape index (κ3) is 3.80. The van der Waals surface area contributed by atoms with E-state index in [4.69, 9.17) is 4.74 Å². The van der Waals surface area contributed by atoms with Gasteiger partial charge in [0, 0.05) is 11.0 Å². The minimum Gasteiger partial charge on any atom is -0.465 e. The first-order chi connectivity index (χ1) is 9.10. The number of benzene rings is 1. The standard InChI is InChI=1S/C15H20BrNO2/c1-11-5-7-17(8-6-11)10-12-9-13(16)3-4-14(12)15(18)19-2/h3-4,9,11H,5-8,10H2,1-2H3. The van der Waals surface area contributed by atoms with Crippen molar-refractivity contribution in [2.75, 3.05) is 20.2 Å². The van der Waals surface area contributed by atoms with E-state index in [1.165, 1.54) is 20.0 Å². The van der Waals surface area contributed by atoms with Crippen LogP contribution in [-0.2, 0) is 11.3 Å². The average Bonchev–Trinajstić information content (AvgIpc) is 2.41. The van der Waals surface area contributed by atoms with Crippen LogP contribution in [0.15, 0.2) is 22.7 Å². The van der Waals surface area contributed by atoms with Gasteiger partial charge >= 0.3 is 5.97 Å². The Labute approximate surface area is 123 Å². The molecule has 0 bridgehead atoms. The maximum Gasteiger partial charge on any atom is 0.338 e. The SMILES string of the molecule is COC(=O)c1ccc(Br)cc1CN1CCC(C)CC1. The number of ether oxygens (including phenoxy) is 1. The van der Waals surface area contributed by atoms with Crippen molar-refractivity contribution in [2.24, 2.45) is 5.92 Å². The van der Waals surface area contributed by atoms with Gasteiger partial charge in [0.2, 0.25) is 0 Å². The summed E-state index contributed by atoms with van der Waals surface area (Å²) in [6.07, 6.45) is 2.48. The predicted octanol–water partition coefficient (Wildman–Crippen LogP) is 3.47. The highest BCUT2D eigenvalue weighted by Crippen LogP contribution is 2.22. The van der Waals surface area contributed by atoms with Gasteiger partial charge in [0.05, 0.1) is 12.7 Å². The van der Waals surface area contributed by atoms with Gasteiger partial charge in [-0.1, -0.05) is 22.9 Å². The molecule has 0 aliphatic carbocycles. The number of hydrogen-bond donors (Lipinski definition) is 0. The molecule has 3 nitrogen and oxygen atoms in total. The first-order valence-corrected chi connectivity index (χ1v) is 7.48. The number of esters is 1. The Hall–Kier alpha value is -0.870. The van der Waals surface area contributed by atoms with Crippen LogP contribution in [0.25, 0.3) is 0 Å². The fraction of sp³-hybridized carbons (Fsp3) is 0.533. The third-order valence-electron chi connectivity index (χ3n) is 3.74. The van der Waals surface area contributed by atoms with Crippen LogP contribution in [-0.4, -0.2) is 31.1 Å². The lowest BCUT2D eigenvalue weighted by atomic mass is 9.98. The Morgan fingerprint density at radius 1 is 1.42 bits per heavy atom. The number of halogens is 1. The highest BCUT2D eigenvalue weighted by Gasteiger charge is 2.19. The van der Waals surface area contributed by atoms with Crippen molar-refractivity contribution < 1.29 is 9.53 Å². The zero-order chi connectivity index (χ0) is 13.8. The summed E-state index contributed by atoms with van der Waals surface area (Å²) in [6, 6.07) is 5.73. The minimum atomic E-state index is -0.257. The summed E-state index contributed by atoms with van der Waals surface area (Å²) in [5.74, 6) is 0.562. The summed E-state index contributed by atoms with van der Waals surface area (Å²) in [5, 5.41) is 0. The summed E-state index contributed by atoms with van der Waals surface area (Å²) in [5.41, 5.74) is 1.71. The smallest absolute Gasteiger partial charge is 0.338 e. The van der Waals surface area contributed by atoms with Gasteiger partial charge in [0.1, 0.15) is 0 Å². The molecule has 1 aliphatic heterocycles. The Bertz CT molecular complexity index is 453. The molecule has 1 fully saturated rings. The zero-order valence-corrected chi connectivity index (χ0v) is 13.1. The molecule has 0 amide bonds. The second-order valence-electron chi connectivity index (χ2n) is 5.25. The van der Waals surface area contributed by atoms with Crippen molar-refractivity contribution in [3.05, 3.63) is 33.8 Å². The number of nitrogens with zero attached hydrogens (tertiary/aromatic N) is 1. The van der Waals surface area contributed by atoms with Gasteiger partial charge in [-0.3, -0.25) is 4.90 Å². The van der Waals surface area contributed by atoms with Gasteiger partial charge in [-0.15, -0.1) is 0 Å². The quantitative estimate of drug-likeness (QED) is 0.797. The van der Waals surface area contributed by atoms with Gasteiger partial charge < -0.3 is 4.74 Å². The summed E-state index contributed by atoms with van der Waals surface area (Å²) in [4.78, 5) is 14.2. The van der Waals surface area contributed by atoms with Crippen LogP contribution in [0.3, 0.4) is 0 Å². The van der Waals surface area contributed by atoms with E-state index in [9.17, 15) is 4.79 Å². The van der Waals surface area contributed by atoms with E-state index in [2.05, 4.69) is 27.8 Å². The lowest BCUT2D eigenvalue weighted by molar-refractivity contribution is 0.0597. The molecule has 0 saturated carbocycles. The Kier molecular flexibility index (Phi) is 4.99. The molecule has 4 heteroatoms. The van der Waals surface area contributed by atoms with Gasteiger partial charge in [0.15, 0.2) is 0 Å². The van der Waals surface area contributed by atoms with Crippen molar-refractivity contribution in [2.45, 2.75) is 26.3 Å². The fourth-order valence-corrected chi connectivity index (χ4v) is 2.87. The number of hydrogen-bond acceptors (Lipinski definition) is 3. The first-order valence-electron chi connectivity index (χ1n) is 6.69. The molecule has 0 atom stereocenters. The van der Waals surface area contributed by atoms with Gasteiger partial charge in [0.25, 0.3) is 0 Å². The van der Waals surface area contributed by atoms with Gasteiger partial charge in [-0.25, -0.2) is 4.79 Å². The maximum absolute atomic E-state index is 11.8. The minimum absolute atomic E-state index is 0.257. The van der Waals surface area contributed by atoms with E-state index < -0.39 is 0 Å².